The number of ether oxygens (including phenoxy) is 1. The van der Waals surface area contributed by atoms with Crippen LogP contribution in [0.4, 0.5) is 5.69 Å². The molecule has 21 heavy (non-hydrogen) atoms. The number of nitrogens with zero attached hydrogens (tertiary/aromatic N) is 1. The number of rotatable bonds is 6. The number of aliphatic hydroxyl groups excluding tert-OH is 1. The second kappa shape index (κ2) is 8.13. The lowest BCUT2D eigenvalue weighted by molar-refractivity contribution is 0.0726. The molecule has 0 saturated carbocycles. The average Bonchev–Trinajstić information content (AvgIpc) is 2.48. The third kappa shape index (κ3) is 4.68. The Morgan fingerprint density at radius 1 is 1.48 bits per heavy atom. The molecule has 0 amide bonds. The summed E-state index contributed by atoms with van der Waals surface area (Å²) in [6.45, 7) is 8.49. The summed E-state index contributed by atoms with van der Waals surface area (Å²) >= 11 is 3.56. The molecule has 0 spiro atoms. The first-order valence-corrected chi connectivity index (χ1v) is 8.35. The van der Waals surface area contributed by atoms with Crippen LogP contribution in [0.25, 0.3) is 0 Å². The number of morpholine rings is 1. The fourth-order valence-electron chi connectivity index (χ4n) is 2.57. The van der Waals surface area contributed by atoms with Gasteiger partial charge in [0.2, 0.25) is 0 Å². The van der Waals surface area contributed by atoms with E-state index in [2.05, 4.69) is 58.2 Å². The quantitative estimate of drug-likeness (QED) is 0.821. The van der Waals surface area contributed by atoms with Crippen LogP contribution in [0.3, 0.4) is 0 Å². The van der Waals surface area contributed by atoms with E-state index in [1.165, 1.54) is 11.3 Å². The zero-order valence-electron chi connectivity index (χ0n) is 12.8. The van der Waals surface area contributed by atoms with Crippen molar-refractivity contribution >= 4 is 21.6 Å². The first-order valence-electron chi connectivity index (χ1n) is 7.56. The minimum absolute atomic E-state index is 0.0388. The van der Waals surface area contributed by atoms with Crippen molar-refractivity contribution in [1.82, 2.24) is 5.32 Å². The van der Waals surface area contributed by atoms with E-state index in [0.29, 0.717) is 19.1 Å². The molecule has 1 fully saturated rings. The summed E-state index contributed by atoms with van der Waals surface area (Å²) in [6, 6.07) is 6.40. The molecule has 4 nitrogen and oxygen atoms in total. The maximum Gasteiger partial charge on any atom is 0.0755 e. The summed E-state index contributed by atoms with van der Waals surface area (Å²) in [6.07, 6.45) is 0. The van der Waals surface area contributed by atoms with Crippen molar-refractivity contribution in [3.05, 3.63) is 28.2 Å². The Hall–Kier alpha value is -0.620. The molecule has 1 aliphatic rings. The standard InChI is InChI=1S/C16H25BrN2O2/c1-12(2)8-18-9-13-3-4-14(17)7-16(13)19-5-6-21-11-15(19)10-20/h3-4,7,12,15,18,20H,5-6,8-11H2,1-2H3. The number of nitrogens with one attached hydrogen (secondary N) is 1. The van der Waals surface area contributed by atoms with Gasteiger partial charge in [0.25, 0.3) is 0 Å². The molecule has 1 heterocycles. The van der Waals surface area contributed by atoms with Crippen molar-refractivity contribution in [3.63, 3.8) is 0 Å². The highest BCUT2D eigenvalue weighted by atomic mass is 79.9. The Balaban J connectivity index is 2.17. The zero-order chi connectivity index (χ0) is 15.2. The molecule has 118 valence electrons. The van der Waals surface area contributed by atoms with Crippen molar-refractivity contribution in [2.45, 2.75) is 26.4 Å². The van der Waals surface area contributed by atoms with E-state index in [9.17, 15) is 5.11 Å². The van der Waals surface area contributed by atoms with Crippen molar-refractivity contribution in [3.8, 4) is 0 Å². The summed E-state index contributed by atoms with van der Waals surface area (Å²) in [4.78, 5) is 2.26. The molecule has 0 bridgehead atoms. The van der Waals surface area contributed by atoms with Crippen LogP contribution in [0, 0.1) is 5.92 Å². The highest BCUT2D eigenvalue weighted by Gasteiger charge is 2.24. The van der Waals surface area contributed by atoms with E-state index in [4.69, 9.17) is 4.74 Å². The van der Waals surface area contributed by atoms with Crippen LogP contribution in [0.15, 0.2) is 22.7 Å². The van der Waals surface area contributed by atoms with Crippen LogP contribution in [-0.4, -0.2) is 44.1 Å². The fraction of sp³-hybridized carbons (Fsp3) is 0.625. The molecule has 2 N–H and O–H groups in total. The van der Waals surface area contributed by atoms with Gasteiger partial charge < -0.3 is 20.1 Å². The number of anilines is 1. The summed E-state index contributed by atoms with van der Waals surface area (Å²) in [5, 5.41) is 13.1. The van der Waals surface area contributed by atoms with E-state index in [1.54, 1.807) is 0 Å². The summed E-state index contributed by atoms with van der Waals surface area (Å²) in [7, 11) is 0. The molecule has 1 atom stereocenters. The van der Waals surface area contributed by atoms with Gasteiger partial charge in [0.15, 0.2) is 0 Å². The number of aliphatic hydroxyl groups is 1. The maximum atomic E-state index is 9.58. The van der Waals surface area contributed by atoms with E-state index >= 15 is 0 Å². The van der Waals surface area contributed by atoms with Gasteiger partial charge in [-0.15, -0.1) is 0 Å². The SMILES string of the molecule is CC(C)CNCc1ccc(Br)cc1N1CCOCC1CO. The largest absolute Gasteiger partial charge is 0.394 e. The van der Waals surface area contributed by atoms with Crippen LogP contribution in [0.1, 0.15) is 19.4 Å². The average molecular weight is 357 g/mol. The first-order chi connectivity index (χ1) is 10.1. The number of halogens is 1. The molecule has 0 radical (unpaired) electrons. The third-order valence-electron chi connectivity index (χ3n) is 3.66. The molecule has 1 aromatic carbocycles. The van der Waals surface area contributed by atoms with Crippen molar-refractivity contribution in [2.75, 3.05) is 37.8 Å². The van der Waals surface area contributed by atoms with Crippen LogP contribution in [-0.2, 0) is 11.3 Å². The number of benzene rings is 1. The Kier molecular flexibility index (Phi) is 6.48. The number of hydrogen-bond donors (Lipinski definition) is 2. The van der Waals surface area contributed by atoms with Gasteiger partial charge in [0, 0.05) is 23.2 Å². The van der Waals surface area contributed by atoms with Gasteiger partial charge in [0.1, 0.15) is 0 Å². The summed E-state index contributed by atoms with van der Waals surface area (Å²) in [5.41, 5.74) is 2.45. The molecule has 0 aromatic heterocycles. The molecule has 1 aliphatic heterocycles. The Morgan fingerprint density at radius 3 is 3.00 bits per heavy atom. The minimum atomic E-state index is 0.0388. The summed E-state index contributed by atoms with van der Waals surface area (Å²) in [5.74, 6) is 0.637. The molecular weight excluding hydrogens is 332 g/mol. The predicted octanol–water partition coefficient (Wildman–Crippen LogP) is 2.39. The lowest BCUT2D eigenvalue weighted by Crippen LogP contribution is -2.48. The molecule has 1 saturated heterocycles. The summed E-state index contributed by atoms with van der Waals surface area (Å²) < 4.78 is 6.54. The van der Waals surface area contributed by atoms with Gasteiger partial charge in [0.05, 0.1) is 25.9 Å². The van der Waals surface area contributed by atoms with E-state index < -0.39 is 0 Å². The second-order valence-corrected chi connectivity index (χ2v) is 6.82. The van der Waals surface area contributed by atoms with Crippen molar-refractivity contribution in [2.24, 2.45) is 5.92 Å². The highest BCUT2D eigenvalue weighted by molar-refractivity contribution is 9.10. The molecule has 5 heteroatoms. The van der Waals surface area contributed by atoms with Gasteiger partial charge in [-0.3, -0.25) is 0 Å². The monoisotopic (exact) mass is 356 g/mol. The van der Waals surface area contributed by atoms with Gasteiger partial charge in [-0.1, -0.05) is 35.8 Å². The fourth-order valence-corrected chi connectivity index (χ4v) is 2.92. The zero-order valence-corrected chi connectivity index (χ0v) is 14.4. The molecule has 0 aliphatic carbocycles. The molecule has 1 aromatic rings. The predicted molar refractivity (Wildman–Crippen MR) is 89.7 cm³/mol. The molecular formula is C16H25BrN2O2. The van der Waals surface area contributed by atoms with E-state index in [-0.39, 0.29) is 12.6 Å². The first kappa shape index (κ1) is 16.7. The van der Waals surface area contributed by atoms with Crippen LogP contribution >= 0.6 is 15.9 Å². The van der Waals surface area contributed by atoms with Gasteiger partial charge in [-0.25, -0.2) is 0 Å². The lowest BCUT2D eigenvalue weighted by atomic mass is 10.1. The normalized spacial score (nSPS) is 19.3. The van der Waals surface area contributed by atoms with Crippen LogP contribution < -0.4 is 10.2 Å². The van der Waals surface area contributed by atoms with Gasteiger partial charge >= 0.3 is 0 Å². The van der Waals surface area contributed by atoms with Crippen molar-refractivity contribution in [1.29, 1.82) is 0 Å². The Labute approximate surface area is 135 Å². The lowest BCUT2D eigenvalue weighted by Gasteiger charge is -2.37. The van der Waals surface area contributed by atoms with E-state index in [0.717, 1.165) is 24.1 Å². The van der Waals surface area contributed by atoms with Gasteiger partial charge in [-0.2, -0.15) is 0 Å². The number of hydrogen-bond acceptors (Lipinski definition) is 4. The van der Waals surface area contributed by atoms with E-state index in [1.807, 2.05) is 0 Å². The van der Waals surface area contributed by atoms with Crippen LogP contribution in [0.2, 0.25) is 0 Å². The molecule has 2 rings (SSSR count). The maximum absolute atomic E-state index is 9.58. The third-order valence-corrected chi connectivity index (χ3v) is 4.16. The second-order valence-electron chi connectivity index (χ2n) is 5.90. The molecule has 1 unspecified atom stereocenters. The van der Waals surface area contributed by atoms with Gasteiger partial charge in [-0.05, 0) is 30.2 Å². The smallest absolute Gasteiger partial charge is 0.0755 e. The van der Waals surface area contributed by atoms with Crippen LogP contribution in [0.5, 0.6) is 0 Å². The Morgan fingerprint density at radius 2 is 2.29 bits per heavy atom. The highest BCUT2D eigenvalue weighted by Crippen LogP contribution is 2.28. The Bertz CT molecular complexity index is 454. The van der Waals surface area contributed by atoms with Crippen molar-refractivity contribution < 1.29 is 9.84 Å². The minimum Gasteiger partial charge on any atom is -0.394 e. The topological polar surface area (TPSA) is 44.7 Å².